The standard InChI is InChI=1S/C37H45FN6O4/c1-24(2)42(18-19-45)23-25-8-10-26(11-9-25)27-6-5-7-31(20-27)43-33-32(21-28(38)22-39-33)34(46)44(36(43)48)30-14-12-29(13-15-30)40-35(47)37(16-17-37)41(3)4/h5-11,20-22,24,29-30,45H,12-19,23H2,1-4H3,(H,40,47). The van der Waals surface area contributed by atoms with Gasteiger partial charge in [0.2, 0.25) is 5.91 Å². The molecule has 1 amide bonds. The van der Waals surface area contributed by atoms with Gasteiger partial charge in [0.25, 0.3) is 5.56 Å². The van der Waals surface area contributed by atoms with Crippen molar-refractivity contribution in [3.63, 3.8) is 0 Å². The predicted molar refractivity (Wildman–Crippen MR) is 185 cm³/mol. The van der Waals surface area contributed by atoms with Crippen molar-refractivity contribution >= 4 is 16.9 Å². The van der Waals surface area contributed by atoms with Crippen molar-refractivity contribution in [1.82, 2.24) is 29.2 Å². The summed E-state index contributed by atoms with van der Waals surface area (Å²) in [5.41, 5.74) is 2.07. The first-order valence-electron chi connectivity index (χ1n) is 16.9. The summed E-state index contributed by atoms with van der Waals surface area (Å²) in [4.78, 5) is 49.5. The lowest BCUT2D eigenvalue weighted by molar-refractivity contribution is -0.128. The van der Waals surface area contributed by atoms with E-state index in [9.17, 15) is 23.9 Å². The number of rotatable bonds is 11. The molecule has 2 aliphatic carbocycles. The number of benzene rings is 2. The second kappa shape index (κ2) is 13.7. The Kier molecular flexibility index (Phi) is 9.64. The summed E-state index contributed by atoms with van der Waals surface area (Å²) in [6, 6.07) is 16.7. The second-order valence-electron chi connectivity index (χ2n) is 13.8. The average Bonchev–Trinajstić information content (AvgIpc) is 3.89. The van der Waals surface area contributed by atoms with E-state index in [4.69, 9.17) is 0 Å². The molecule has 2 N–H and O–H groups in total. The van der Waals surface area contributed by atoms with Crippen LogP contribution in [0.3, 0.4) is 0 Å². The third-order valence-electron chi connectivity index (χ3n) is 10.2. The molecule has 2 heterocycles. The van der Waals surface area contributed by atoms with Crippen molar-refractivity contribution in [2.24, 2.45) is 0 Å². The first-order chi connectivity index (χ1) is 23.0. The van der Waals surface area contributed by atoms with Crippen LogP contribution in [0.2, 0.25) is 0 Å². The molecule has 0 atom stereocenters. The van der Waals surface area contributed by atoms with Gasteiger partial charge in [-0.15, -0.1) is 0 Å². The molecule has 0 unspecified atom stereocenters. The largest absolute Gasteiger partial charge is 0.395 e. The van der Waals surface area contributed by atoms with Crippen molar-refractivity contribution in [2.45, 2.75) is 82.6 Å². The first kappa shape index (κ1) is 33.7. The molecule has 4 aromatic rings. The number of pyridine rings is 1. The molecule has 0 spiro atoms. The van der Waals surface area contributed by atoms with E-state index in [0.717, 1.165) is 48.3 Å². The van der Waals surface area contributed by atoms with Crippen LogP contribution >= 0.6 is 0 Å². The number of fused-ring (bicyclic) bond motifs is 1. The normalized spacial score (nSPS) is 18.9. The van der Waals surface area contributed by atoms with Gasteiger partial charge < -0.3 is 10.4 Å². The van der Waals surface area contributed by atoms with Gasteiger partial charge in [0.1, 0.15) is 5.82 Å². The lowest BCUT2D eigenvalue weighted by Crippen LogP contribution is -2.50. The van der Waals surface area contributed by atoms with E-state index in [2.05, 4.69) is 41.2 Å². The maximum Gasteiger partial charge on any atom is 0.337 e. The second-order valence-corrected chi connectivity index (χ2v) is 13.8. The zero-order valence-corrected chi connectivity index (χ0v) is 28.2. The van der Waals surface area contributed by atoms with E-state index in [1.54, 1.807) is 6.07 Å². The molecule has 0 radical (unpaired) electrons. The number of nitrogens with one attached hydrogen (secondary N) is 1. The van der Waals surface area contributed by atoms with Gasteiger partial charge in [-0.05, 0) is 101 Å². The number of hydrogen-bond donors (Lipinski definition) is 2. The molecular formula is C37H45FN6O4. The van der Waals surface area contributed by atoms with Gasteiger partial charge in [-0.1, -0.05) is 36.4 Å². The van der Waals surface area contributed by atoms with E-state index in [1.165, 1.54) is 9.13 Å². The highest BCUT2D eigenvalue weighted by Gasteiger charge is 2.52. The Balaban J connectivity index is 1.30. The summed E-state index contributed by atoms with van der Waals surface area (Å²) < 4.78 is 17.2. The van der Waals surface area contributed by atoms with Gasteiger partial charge in [0.15, 0.2) is 5.65 Å². The number of carbonyl (C=O) groups excluding carboxylic acids is 1. The number of hydrogen-bond acceptors (Lipinski definition) is 7. The van der Waals surface area contributed by atoms with Crippen LogP contribution in [0, 0.1) is 5.82 Å². The summed E-state index contributed by atoms with van der Waals surface area (Å²) in [5, 5.41) is 12.7. The van der Waals surface area contributed by atoms with Gasteiger partial charge >= 0.3 is 5.69 Å². The summed E-state index contributed by atoms with van der Waals surface area (Å²) in [6.45, 7) is 5.62. The molecule has 0 aliphatic heterocycles. The average molecular weight is 657 g/mol. The van der Waals surface area contributed by atoms with Gasteiger partial charge in [0, 0.05) is 31.2 Å². The summed E-state index contributed by atoms with van der Waals surface area (Å²) in [6.07, 6.45) is 5.03. The highest BCUT2D eigenvalue weighted by molar-refractivity contribution is 5.89. The molecule has 11 heteroatoms. The molecular weight excluding hydrogens is 611 g/mol. The van der Waals surface area contributed by atoms with Gasteiger partial charge in [-0.3, -0.25) is 24.0 Å². The number of halogens is 1. The molecule has 254 valence electrons. The van der Waals surface area contributed by atoms with E-state index in [0.29, 0.717) is 44.0 Å². The summed E-state index contributed by atoms with van der Waals surface area (Å²) >= 11 is 0. The van der Waals surface area contributed by atoms with Crippen molar-refractivity contribution in [1.29, 1.82) is 0 Å². The maximum atomic E-state index is 14.5. The summed E-state index contributed by atoms with van der Waals surface area (Å²) in [5.74, 6) is -0.613. The molecule has 2 aromatic heterocycles. The van der Waals surface area contributed by atoms with Crippen LogP contribution in [0.1, 0.15) is 64.0 Å². The molecule has 0 saturated heterocycles. The maximum absolute atomic E-state index is 14.5. The number of likely N-dealkylation sites (N-methyl/N-ethyl adjacent to an activating group) is 1. The SMILES string of the molecule is CC(C)N(CCO)Cc1ccc(-c2cccc(-n3c(=O)n(C4CCC(NC(=O)C5(N(C)C)CC5)CC4)c(=O)c4cc(F)cnc43)c2)cc1. The van der Waals surface area contributed by atoms with Crippen LogP contribution in [0.4, 0.5) is 4.39 Å². The van der Waals surface area contributed by atoms with Crippen LogP contribution in [-0.4, -0.2) is 79.8 Å². The molecule has 48 heavy (non-hydrogen) atoms. The van der Waals surface area contributed by atoms with Crippen LogP contribution < -0.4 is 16.6 Å². The minimum atomic E-state index is -0.651. The Morgan fingerprint density at radius 2 is 1.75 bits per heavy atom. The van der Waals surface area contributed by atoms with E-state index in [-0.39, 0.29) is 29.6 Å². The van der Waals surface area contributed by atoms with Gasteiger partial charge in [-0.2, -0.15) is 0 Å². The number of aliphatic hydroxyl groups is 1. The van der Waals surface area contributed by atoms with E-state index in [1.807, 2.05) is 49.3 Å². The third kappa shape index (κ3) is 6.59. The third-order valence-corrected chi connectivity index (χ3v) is 10.2. The number of aliphatic hydroxyl groups excluding tert-OH is 1. The van der Waals surface area contributed by atoms with Gasteiger partial charge in [0.05, 0.1) is 29.4 Å². The summed E-state index contributed by atoms with van der Waals surface area (Å²) in [7, 11) is 3.85. The van der Waals surface area contributed by atoms with Crippen molar-refractivity contribution in [3.05, 3.63) is 93.0 Å². The van der Waals surface area contributed by atoms with E-state index < -0.39 is 28.6 Å². The quantitative estimate of drug-likeness (QED) is 0.248. The smallest absolute Gasteiger partial charge is 0.337 e. The highest BCUT2D eigenvalue weighted by atomic mass is 19.1. The Labute approximate surface area is 279 Å². The topological polar surface area (TPSA) is 113 Å². The first-order valence-corrected chi connectivity index (χ1v) is 16.9. The Bertz CT molecular complexity index is 1910. The lowest BCUT2D eigenvalue weighted by atomic mass is 9.90. The predicted octanol–water partition coefficient (Wildman–Crippen LogP) is 4.25. The lowest BCUT2D eigenvalue weighted by Gasteiger charge is -2.32. The molecule has 6 rings (SSSR count). The molecule has 0 bridgehead atoms. The molecule has 2 aromatic carbocycles. The van der Waals surface area contributed by atoms with Crippen molar-refractivity contribution in [2.75, 3.05) is 27.2 Å². The molecule has 2 saturated carbocycles. The highest BCUT2D eigenvalue weighted by Crippen LogP contribution is 2.41. The zero-order chi connectivity index (χ0) is 34.2. The fraction of sp³-hybridized carbons (Fsp3) is 0.459. The minimum absolute atomic E-state index is 0.0325. The van der Waals surface area contributed by atoms with Crippen LogP contribution in [0.25, 0.3) is 27.8 Å². The fourth-order valence-electron chi connectivity index (χ4n) is 7.04. The van der Waals surface area contributed by atoms with Crippen LogP contribution in [0.15, 0.2) is 70.4 Å². The number of amides is 1. The molecule has 10 nitrogen and oxygen atoms in total. The van der Waals surface area contributed by atoms with Crippen molar-refractivity contribution in [3.8, 4) is 16.8 Å². The minimum Gasteiger partial charge on any atom is -0.395 e. The molecule has 2 aliphatic rings. The van der Waals surface area contributed by atoms with Crippen LogP contribution in [0.5, 0.6) is 0 Å². The monoisotopic (exact) mass is 656 g/mol. The Morgan fingerprint density at radius 3 is 2.38 bits per heavy atom. The van der Waals surface area contributed by atoms with Crippen molar-refractivity contribution < 1.29 is 14.3 Å². The Morgan fingerprint density at radius 1 is 1.04 bits per heavy atom. The number of carbonyl (C=O) groups is 1. The van der Waals surface area contributed by atoms with E-state index >= 15 is 0 Å². The number of aromatic nitrogens is 3. The molecule has 2 fully saturated rings. The van der Waals surface area contributed by atoms with Crippen LogP contribution in [-0.2, 0) is 11.3 Å². The Hall–Kier alpha value is -4.19. The fourth-order valence-corrected chi connectivity index (χ4v) is 7.04. The zero-order valence-electron chi connectivity index (χ0n) is 28.2. The number of nitrogens with zero attached hydrogens (tertiary/aromatic N) is 5. The van der Waals surface area contributed by atoms with Gasteiger partial charge in [-0.25, -0.2) is 18.7 Å².